The molecule has 0 saturated carbocycles. The smallest absolute Gasteiger partial charge is 0.266 e. The van der Waals surface area contributed by atoms with Gasteiger partial charge in [-0.2, -0.15) is 0 Å². The van der Waals surface area contributed by atoms with Crippen LogP contribution in [0.3, 0.4) is 0 Å². The first-order valence-corrected chi connectivity index (χ1v) is 10.7. The van der Waals surface area contributed by atoms with Gasteiger partial charge in [0.2, 0.25) is 5.91 Å². The predicted molar refractivity (Wildman–Crippen MR) is 121 cm³/mol. The molecule has 1 aliphatic heterocycles. The molecule has 4 rings (SSSR count). The monoisotopic (exact) mass is 420 g/mol. The number of carbonyl (C=O) groups is 1. The van der Waals surface area contributed by atoms with Crippen molar-refractivity contribution in [2.45, 2.75) is 26.3 Å². The zero-order chi connectivity index (χ0) is 22.0. The highest BCUT2D eigenvalue weighted by Crippen LogP contribution is 2.28. The Morgan fingerprint density at radius 1 is 1.06 bits per heavy atom. The molecule has 3 aromatic rings. The number of hydrogen-bond acceptors (Lipinski definition) is 5. The molecule has 0 aliphatic carbocycles. The number of piperazine rings is 1. The van der Waals surface area contributed by atoms with Gasteiger partial charge in [0, 0.05) is 32.6 Å². The Labute approximate surface area is 181 Å². The summed E-state index contributed by atoms with van der Waals surface area (Å²) in [6, 6.07) is 14.8. The van der Waals surface area contributed by atoms with Crippen molar-refractivity contribution >= 4 is 16.8 Å². The van der Waals surface area contributed by atoms with Gasteiger partial charge in [-0.15, -0.1) is 0 Å². The molecule has 1 aromatic heterocycles. The fourth-order valence-electron chi connectivity index (χ4n) is 4.22. The zero-order valence-electron chi connectivity index (χ0n) is 18.2. The highest BCUT2D eigenvalue weighted by atomic mass is 16.5. The fourth-order valence-corrected chi connectivity index (χ4v) is 4.22. The standard InChI is InChI=1S/C24H28N4O3/c1-4-22(29)27-15-13-26(14-16-27)17(2)23-25-19-10-6-5-9-18(19)24(30)28(23)20-11-7-8-12-21(20)31-3/h5-12,17H,4,13-16H2,1-3H3. The summed E-state index contributed by atoms with van der Waals surface area (Å²) in [7, 11) is 1.60. The molecule has 2 aromatic carbocycles. The van der Waals surface area contributed by atoms with Gasteiger partial charge in [0.05, 0.1) is 29.7 Å². The van der Waals surface area contributed by atoms with Crippen LogP contribution in [0.1, 0.15) is 32.1 Å². The summed E-state index contributed by atoms with van der Waals surface area (Å²) in [4.78, 5) is 34.7. The number of benzene rings is 2. The van der Waals surface area contributed by atoms with Gasteiger partial charge in [0.25, 0.3) is 5.56 Å². The molecular formula is C24H28N4O3. The molecule has 0 bridgehead atoms. The van der Waals surface area contributed by atoms with Gasteiger partial charge in [-0.1, -0.05) is 31.2 Å². The van der Waals surface area contributed by atoms with Gasteiger partial charge in [0.1, 0.15) is 11.6 Å². The minimum atomic E-state index is -0.114. The third-order valence-corrected chi connectivity index (χ3v) is 6.02. The summed E-state index contributed by atoms with van der Waals surface area (Å²) in [5, 5.41) is 0.572. The van der Waals surface area contributed by atoms with Gasteiger partial charge >= 0.3 is 0 Å². The van der Waals surface area contributed by atoms with Crippen LogP contribution in [0.15, 0.2) is 53.3 Å². The van der Waals surface area contributed by atoms with Gasteiger partial charge in [0.15, 0.2) is 0 Å². The van der Waals surface area contributed by atoms with E-state index in [1.165, 1.54) is 0 Å². The first-order valence-electron chi connectivity index (χ1n) is 10.7. The average molecular weight is 421 g/mol. The molecule has 1 atom stereocenters. The van der Waals surface area contributed by atoms with Gasteiger partial charge in [-0.25, -0.2) is 4.98 Å². The maximum Gasteiger partial charge on any atom is 0.266 e. The molecule has 7 heteroatoms. The average Bonchev–Trinajstić information content (AvgIpc) is 2.83. The lowest BCUT2D eigenvalue weighted by Gasteiger charge is -2.38. The van der Waals surface area contributed by atoms with Crippen molar-refractivity contribution in [1.29, 1.82) is 0 Å². The van der Waals surface area contributed by atoms with E-state index in [-0.39, 0.29) is 17.5 Å². The van der Waals surface area contributed by atoms with Crippen molar-refractivity contribution in [3.63, 3.8) is 0 Å². The Hall–Kier alpha value is -3.19. The van der Waals surface area contributed by atoms with E-state index in [4.69, 9.17) is 9.72 Å². The fraction of sp³-hybridized carbons (Fsp3) is 0.375. The molecule has 1 aliphatic rings. The molecule has 1 fully saturated rings. The molecule has 2 heterocycles. The number of hydrogen-bond donors (Lipinski definition) is 0. The highest BCUT2D eigenvalue weighted by molar-refractivity contribution is 5.78. The third-order valence-electron chi connectivity index (χ3n) is 6.02. The van der Waals surface area contributed by atoms with E-state index in [2.05, 4.69) is 11.8 Å². The van der Waals surface area contributed by atoms with Gasteiger partial charge in [-0.3, -0.25) is 19.1 Å². The molecule has 1 saturated heterocycles. The Morgan fingerprint density at radius 3 is 2.45 bits per heavy atom. The highest BCUT2D eigenvalue weighted by Gasteiger charge is 2.28. The number of nitrogens with zero attached hydrogens (tertiary/aromatic N) is 4. The van der Waals surface area contributed by atoms with E-state index in [1.54, 1.807) is 17.7 Å². The van der Waals surface area contributed by atoms with E-state index in [0.29, 0.717) is 47.7 Å². The Kier molecular flexibility index (Phi) is 6.04. The molecule has 1 unspecified atom stereocenters. The van der Waals surface area contributed by atoms with Crippen molar-refractivity contribution in [3.8, 4) is 11.4 Å². The lowest BCUT2D eigenvalue weighted by molar-refractivity contribution is -0.132. The second kappa shape index (κ2) is 8.89. The first-order chi connectivity index (χ1) is 15.0. The van der Waals surface area contributed by atoms with Crippen LogP contribution in [0.4, 0.5) is 0 Å². The molecule has 0 radical (unpaired) electrons. The number of para-hydroxylation sites is 3. The molecule has 31 heavy (non-hydrogen) atoms. The van der Waals surface area contributed by atoms with Crippen LogP contribution < -0.4 is 10.3 Å². The first kappa shape index (κ1) is 21.1. The second-order valence-corrected chi connectivity index (χ2v) is 7.75. The number of aromatic nitrogens is 2. The summed E-state index contributed by atoms with van der Waals surface area (Å²) in [5.74, 6) is 1.47. The Morgan fingerprint density at radius 2 is 1.74 bits per heavy atom. The van der Waals surface area contributed by atoms with Crippen LogP contribution in [-0.4, -0.2) is 58.5 Å². The van der Waals surface area contributed by atoms with Crippen LogP contribution in [0.2, 0.25) is 0 Å². The third kappa shape index (κ3) is 3.93. The van der Waals surface area contributed by atoms with E-state index in [0.717, 1.165) is 13.1 Å². The number of rotatable bonds is 5. The molecule has 0 spiro atoms. The summed E-state index contributed by atoms with van der Waals surface area (Å²) in [6.07, 6.45) is 0.523. The Balaban J connectivity index is 1.80. The zero-order valence-corrected chi connectivity index (χ0v) is 18.2. The van der Waals surface area contributed by atoms with Crippen molar-refractivity contribution in [3.05, 3.63) is 64.7 Å². The lowest BCUT2D eigenvalue weighted by atomic mass is 10.1. The van der Waals surface area contributed by atoms with Gasteiger partial charge < -0.3 is 9.64 Å². The number of fused-ring (bicyclic) bond motifs is 1. The van der Waals surface area contributed by atoms with Crippen molar-refractivity contribution in [2.24, 2.45) is 0 Å². The summed E-state index contributed by atoms with van der Waals surface area (Å²) in [5.41, 5.74) is 1.24. The molecule has 7 nitrogen and oxygen atoms in total. The van der Waals surface area contributed by atoms with Crippen molar-refractivity contribution in [2.75, 3.05) is 33.3 Å². The summed E-state index contributed by atoms with van der Waals surface area (Å²) >= 11 is 0. The van der Waals surface area contributed by atoms with E-state index < -0.39 is 0 Å². The predicted octanol–water partition coefficient (Wildman–Crippen LogP) is 3.01. The largest absolute Gasteiger partial charge is 0.495 e. The number of carbonyl (C=O) groups excluding carboxylic acids is 1. The van der Waals surface area contributed by atoms with E-state index in [9.17, 15) is 9.59 Å². The van der Waals surface area contributed by atoms with Crippen molar-refractivity contribution in [1.82, 2.24) is 19.4 Å². The Bertz CT molecular complexity index is 1150. The normalized spacial score (nSPS) is 15.8. The number of ether oxygens (including phenoxy) is 1. The molecule has 1 amide bonds. The lowest BCUT2D eigenvalue weighted by Crippen LogP contribution is -2.49. The second-order valence-electron chi connectivity index (χ2n) is 7.75. The molecule has 162 valence electrons. The van der Waals surface area contributed by atoms with Gasteiger partial charge in [-0.05, 0) is 31.2 Å². The van der Waals surface area contributed by atoms with Crippen molar-refractivity contribution < 1.29 is 9.53 Å². The SMILES string of the molecule is CCC(=O)N1CCN(C(C)c2nc3ccccc3c(=O)n2-c2ccccc2OC)CC1. The summed E-state index contributed by atoms with van der Waals surface area (Å²) < 4.78 is 7.23. The van der Waals surface area contributed by atoms with Crippen LogP contribution in [0.25, 0.3) is 16.6 Å². The van der Waals surface area contributed by atoms with E-state index in [1.807, 2.05) is 54.3 Å². The van der Waals surface area contributed by atoms with Crippen LogP contribution in [0.5, 0.6) is 5.75 Å². The van der Waals surface area contributed by atoms with Crippen LogP contribution in [-0.2, 0) is 4.79 Å². The molecule has 0 N–H and O–H groups in total. The minimum Gasteiger partial charge on any atom is -0.495 e. The quantitative estimate of drug-likeness (QED) is 0.635. The number of amides is 1. The minimum absolute atomic E-state index is 0.110. The summed E-state index contributed by atoms with van der Waals surface area (Å²) in [6.45, 7) is 6.80. The van der Waals surface area contributed by atoms with Crippen LogP contribution in [0, 0.1) is 0 Å². The number of methoxy groups -OCH3 is 1. The van der Waals surface area contributed by atoms with E-state index >= 15 is 0 Å². The van der Waals surface area contributed by atoms with Crippen LogP contribution >= 0.6 is 0 Å². The molecular weight excluding hydrogens is 392 g/mol. The maximum absolute atomic E-state index is 13.6. The maximum atomic E-state index is 13.6. The topological polar surface area (TPSA) is 67.7 Å².